The van der Waals surface area contributed by atoms with E-state index in [9.17, 15) is 9.18 Å². The lowest BCUT2D eigenvalue weighted by Gasteiger charge is -2.12. The van der Waals surface area contributed by atoms with Crippen LogP contribution < -0.4 is 5.32 Å². The van der Waals surface area contributed by atoms with Crippen molar-refractivity contribution in [2.75, 3.05) is 25.2 Å². The summed E-state index contributed by atoms with van der Waals surface area (Å²) < 4.78 is 13.2. The summed E-state index contributed by atoms with van der Waals surface area (Å²) in [5.41, 5.74) is 1.30. The van der Waals surface area contributed by atoms with Crippen LogP contribution in [0.1, 0.15) is 5.82 Å². The number of amides is 1. The zero-order valence-electron chi connectivity index (χ0n) is 14.6. The molecular weight excluding hydrogens is 351 g/mol. The molecule has 3 rings (SSSR count). The summed E-state index contributed by atoms with van der Waals surface area (Å²) in [5, 5.41) is 4.38. The van der Waals surface area contributed by atoms with E-state index in [2.05, 4.69) is 15.3 Å². The molecule has 0 saturated carbocycles. The zero-order valence-corrected chi connectivity index (χ0v) is 15.4. The zero-order chi connectivity index (χ0) is 18.5. The first-order valence-electron chi connectivity index (χ1n) is 8.10. The Bertz CT molecular complexity index is 932. The van der Waals surface area contributed by atoms with E-state index in [1.165, 1.54) is 23.9 Å². The lowest BCUT2D eigenvalue weighted by molar-refractivity contribution is -0.113. The van der Waals surface area contributed by atoms with Gasteiger partial charge in [0, 0.05) is 11.1 Å². The number of carbonyl (C=O) groups excluding carboxylic acids is 1. The molecule has 7 heteroatoms. The minimum absolute atomic E-state index is 0.179. The summed E-state index contributed by atoms with van der Waals surface area (Å²) >= 11 is 1.35. The molecule has 0 bridgehead atoms. The number of hydrogen-bond donors (Lipinski definition) is 1. The summed E-state index contributed by atoms with van der Waals surface area (Å²) in [6, 6.07) is 13.6. The van der Waals surface area contributed by atoms with Crippen LogP contribution in [0.3, 0.4) is 0 Å². The third kappa shape index (κ3) is 4.77. The van der Waals surface area contributed by atoms with Crippen LogP contribution in [0.15, 0.2) is 53.6 Å². The van der Waals surface area contributed by atoms with Gasteiger partial charge in [0.1, 0.15) is 16.7 Å². The summed E-state index contributed by atoms with van der Waals surface area (Å²) in [4.78, 5) is 23.4. The fraction of sp³-hybridized carbons (Fsp3) is 0.211. The fourth-order valence-electron chi connectivity index (χ4n) is 2.45. The predicted octanol–water partition coefficient (Wildman–Crippen LogP) is 3.56. The number of benzene rings is 2. The average molecular weight is 370 g/mol. The summed E-state index contributed by atoms with van der Waals surface area (Å²) in [6.07, 6.45) is 0. The van der Waals surface area contributed by atoms with Gasteiger partial charge in [0.25, 0.3) is 0 Å². The molecule has 0 radical (unpaired) electrons. The molecule has 26 heavy (non-hydrogen) atoms. The second-order valence-electron chi connectivity index (χ2n) is 6.05. The van der Waals surface area contributed by atoms with Gasteiger partial charge in [-0.3, -0.25) is 4.79 Å². The number of carbonyl (C=O) groups is 1. The second-order valence-corrected chi connectivity index (χ2v) is 7.01. The Balaban J connectivity index is 1.76. The van der Waals surface area contributed by atoms with Gasteiger partial charge in [0.05, 0.1) is 17.8 Å². The Labute approximate surface area is 155 Å². The Hall–Kier alpha value is -2.51. The topological polar surface area (TPSA) is 58.1 Å². The van der Waals surface area contributed by atoms with Crippen LogP contribution in [0.4, 0.5) is 10.1 Å². The van der Waals surface area contributed by atoms with Gasteiger partial charge in [0.15, 0.2) is 0 Å². The van der Waals surface area contributed by atoms with Gasteiger partial charge in [-0.2, -0.15) is 0 Å². The highest BCUT2D eigenvalue weighted by Crippen LogP contribution is 2.25. The van der Waals surface area contributed by atoms with Gasteiger partial charge < -0.3 is 10.2 Å². The third-order valence-corrected chi connectivity index (χ3v) is 4.51. The molecule has 0 aliphatic carbocycles. The van der Waals surface area contributed by atoms with E-state index in [1.54, 1.807) is 12.1 Å². The molecule has 1 N–H and O–H groups in total. The Morgan fingerprint density at radius 2 is 1.96 bits per heavy atom. The predicted molar refractivity (Wildman–Crippen MR) is 103 cm³/mol. The molecule has 1 heterocycles. The highest BCUT2D eigenvalue weighted by Gasteiger charge is 2.11. The molecule has 0 saturated heterocycles. The summed E-state index contributed by atoms with van der Waals surface area (Å²) in [7, 11) is 3.91. The van der Waals surface area contributed by atoms with Crippen molar-refractivity contribution in [1.29, 1.82) is 0 Å². The second kappa shape index (κ2) is 8.25. The van der Waals surface area contributed by atoms with Crippen molar-refractivity contribution in [1.82, 2.24) is 14.9 Å². The molecule has 0 unspecified atom stereocenters. The van der Waals surface area contributed by atoms with Crippen LogP contribution in [-0.4, -0.2) is 40.6 Å². The first kappa shape index (κ1) is 18.3. The van der Waals surface area contributed by atoms with Gasteiger partial charge in [0.2, 0.25) is 5.91 Å². The maximum absolute atomic E-state index is 13.2. The highest BCUT2D eigenvalue weighted by atomic mass is 32.2. The van der Waals surface area contributed by atoms with Crippen LogP contribution in [0.25, 0.3) is 10.9 Å². The van der Waals surface area contributed by atoms with Crippen molar-refractivity contribution in [2.45, 2.75) is 11.6 Å². The molecule has 2 aromatic carbocycles. The molecular formula is C19H19FN4OS. The fourth-order valence-corrected chi connectivity index (χ4v) is 3.29. The molecule has 0 atom stereocenters. The molecule has 1 aromatic heterocycles. The Kier molecular flexibility index (Phi) is 5.80. The van der Waals surface area contributed by atoms with Crippen molar-refractivity contribution in [3.8, 4) is 0 Å². The number of aromatic nitrogens is 2. The van der Waals surface area contributed by atoms with Crippen molar-refractivity contribution >= 4 is 34.3 Å². The molecule has 0 fully saturated rings. The van der Waals surface area contributed by atoms with Crippen LogP contribution in [0.5, 0.6) is 0 Å². The van der Waals surface area contributed by atoms with Crippen molar-refractivity contribution in [2.24, 2.45) is 0 Å². The Morgan fingerprint density at radius 1 is 1.15 bits per heavy atom. The average Bonchev–Trinajstić information content (AvgIpc) is 2.59. The molecule has 134 valence electrons. The molecule has 5 nitrogen and oxygen atoms in total. The number of hydrogen-bond acceptors (Lipinski definition) is 5. The van der Waals surface area contributed by atoms with E-state index in [0.29, 0.717) is 18.1 Å². The number of anilines is 1. The van der Waals surface area contributed by atoms with Gasteiger partial charge >= 0.3 is 0 Å². The Morgan fingerprint density at radius 3 is 2.73 bits per heavy atom. The van der Waals surface area contributed by atoms with E-state index < -0.39 is 0 Å². The summed E-state index contributed by atoms with van der Waals surface area (Å²) in [5.74, 6) is 0.295. The van der Waals surface area contributed by atoms with Crippen molar-refractivity contribution in [3.05, 3.63) is 60.2 Å². The molecule has 3 aromatic rings. The number of halogens is 1. The summed E-state index contributed by atoms with van der Waals surface area (Å²) in [6.45, 7) is 0.619. The van der Waals surface area contributed by atoms with Gasteiger partial charge in [-0.1, -0.05) is 36.0 Å². The van der Waals surface area contributed by atoms with Crippen LogP contribution in [0.2, 0.25) is 0 Å². The molecule has 0 aliphatic rings. The quantitative estimate of drug-likeness (QED) is 0.531. The standard InChI is InChI=1S/C19H19FN4OS/c1-24(2)11-17-22-16-9-4-3-8-15(16)19(23-17)26-12-18(25)21-14-7-5-6-13(20)10-14/h3-10H,11-12H2,1-2H3,(H,21,25). The third-order valence-electron chi connectivity index (χ3n) is 3.52. The number of nitrogens with zero attached hydrogens (tertiary/aromatic N) is 3. The van der Waals surface area contributed by atoms with E-state index >= 15 is 0 Å². The number of thioether (sulfide) groups is 1. The van der Waals surface area contributed by atoms with E-state index in [4.69, 9.17) is 0 Å². The maximum Gasteiger partial charge on any atom is 0.234 e. The van der Waals surface area contributed by atoms with Gasteiger partial charge in [-0.15, -0.1) is 0 Å². The van der Waals surface area contributed by atoms with Crippen molar-refractivity contribution < 1.29 is 9.18 Å². The van der Waals surface area contributed by atoms with Crippen LogP contribution in [-0.2, 0) is 11.3 Å². The van der Waals surface area contributed by atoms with E-state index in [1.807, 2.05) is 43.3 Å². The smallest absolute Gasteiger partial charge is 0.234 e. The number of para-hydroxylation sites is 1. The maximum atomic E-state index is 13.2. The lowest BCUT2D eigenvalue weighted by atomic mass is 10.2. The van der Waals surface area contributed by atoms with Crippen molar-refractivity contribution in [3.63, 3.8) is 0 Å². The highest BCUT2D eigenvalue weighted by molar-refractivity contribution is 8.00. The van der Waals surface area contributed by atoms with Crippen LogP contribution >= 0.6 is 11.8 Å². The van der Waals surface area contributed by atoms with Gasteiger partial charge in [-0.25, -0.2) is 14.4 Å². The van der Waals surface area contributed by atoms with Crippen LogP contribution in [0, 0.1) is 5.82 Å². The van der Waals surface area contributed by atoms with Gasteiger partial charge in [-0.05, 0) is 38.4 Å². The number of nitrogens with one attached hydrogen (secondary N) is 1. The minimum Gasteiger partial charge on any atom is -0.325 e. The van der Waals surface area contributed by atoms with E-state index in [0.717, 1.165) is 15.9 Å². The largest absolute Gasteiger partial charge is 0.325 e. The first-order valence-corrected chi connectivity index (χ1v) is 9.08. The normalized spacial score (nSPS) is 11.1. The number of rotatable bonds is 6. The monoisotopic (exact) mass is 370 g/mol. The SMILES string of the molecule is CN(C)Cc1nc(SCC(=O)Nc2cccc(F)c2)c2ccccc2n1. The first-order chi connectivity index (χ1) is 12.5. The molecule has 0 aliphatic heterocycles. The lowest BCUT2D eigenvalue weighted by Crippen LogP contribution is -2.15. The van der Waals surface area contributed by atoms with E-state index in [-0.39, 0.29) is 17.5 Å². The molecule has 1 amide bonds. The molecule has 0 spiro atoms. The minimum atomic E-state index is -0.384. The number of fused-ring (bicyclic) bond motifs is 1.